The summed E-state index contributed by atoms with van der Waals surface area (Å²) >= 11 is 0. The van der Waals surface area contributed by atoms with E-state index in [4.69, 9.17) is 4.74 Å². The number of ether oxygens (including phenoxy) is 1. The highest BCUT2D eigenvalue weighted by Gasteiger charge is 2.05. The van der Waals surface area contributed by atoms with E-state index >= 15 is 0 Å². The SMILES string of the molecule is O=C(CCNC(=O)Oc1ccccc1)NCCc1ccccc1. The Morgan fingerprint density at radius 1 is 0.826 bits per heavy atom. The maximum atomic E-state index is 11.7. The van der Waals surface area contributed by atoms with Gasteiger partial charge in [0.2, 0.25) is 5.91 Å². The molecule has 5 heteroatoms. The minimum atomic E-state index is -0.562. The van der Waals surface area contributed by atoms with Crippen LogP contribution in [-0.2, 0) is 11.2 Å². The summed E-state index contributed by atoms with van der Waals surface area (Å²) in [4.78, 5) is 23.2. The zero-order valence-corrected chi connectivity index (χ0v) is 12.8. The molecule has 0 aromatic heterocycles. The topological polar surface area (TPSA) is 67.4 Å². The van der Waals surface area contributed by atoms with E-state index in [0.717, 1.165) is 6.42 Å². The fourth-order valence-corrected chi connectivity index (χ4v) is 1.99. The number of carbonyl (C=O) groups is 2. The van der Waals surface area contributed by atoms with E-state index in [2.05, 4.69) is 10.6 Å². The van der Waals surface area contributed by atoms with E-state index in [9.17, 15) is 9.59 Å². The van der Waals surface area contributed by atoms with Crippen molar-refractivity contribution in [2.45, 2.75) is 12.8 Å². The lowest BCUT2D eigenvalue weighted by molar-refractivity contribution is -0.120. The normalized spacial score (nSPS) is 9.91. The molecule has 5 nitrogen and oxygen atoms in total. The molecule has 2 aromatic rings. The van der Waals surface area contributed by atoms with Crippen LogP contribution in [0.5, 0.6) is 5.75 Å². The van der Waals surface area contributed by atoms with Crippen LogP contribution in [0.2, 0.25) is 0 Å². The Labute approximate surface area is 135 Å². The molecule has 0 atom stereocenters. The minimum Gasteiger partial charge on any atom is -0.410 e. The van der Waals surface area contributed by atoms with Gasteiger partial charge in [0.25, 0.3) is 0 Å². The van der Waals surface area contributed by atoms with E-state index < -0.39 is 6.09 Å². The van der Waals surface area contributed by atoms with Gasteiger partial charge in [-0.15, -0.1) is 0 Å². The Hall–Kier alpha value is -2.82. The molecule has 0 heterocycles. The Morgan fingerprint density at radius 3 is 2.17 bits per heavy atom. The summed E-state index contributed by atoms with van der Waals surface area (Å²) in [5.74, 6) is 0.373. The first-order valence-corrected chi connectivity index (χ1v) is 7.55. The highest BCUT2D eigenvalue weighted by molar-refractivity contribution is 5.77. The lowest BCUT2D eigenvalue weighted by atomic mass is 10.1. The van der Waals surface area contributed by atoms with Crippen molar-refractivity contribution in [2.75, 3.05) is 13.1 Å². The van der Waals surface area contributed by atoms with Crippen LogP contribution in [0.1, 0.15) is 12.0 Å². The highest BCUT2D eigenvalue weighted by atomic mass is 16.6. The largest absolute Gasteiger partial charge is 0.412 e. The second-order valence-corrected chi connectivity index (χ2v) is 4.96. The van der Waals surface area contributed by atoms with Gasteiger partial charge < -0.3 is 15.4 Å². The molecular weight excluding hydrogens is 292 g/mol. The van der Waals surface area contributed by atoms with Crippen LogP contribution >= 0.6 is 0 Å². The first-order chi connectivity index (χ1) is 11.2. The van der Waals surface area contributed by atoms with Crippen LogP contribution in [0.25, 0.3) is 0 Å². The first-order valence-electron chi connectivity index (χ1n) is 7.55. The zero-order chi connectivity index (χ0) is 16.3. The Balaban J connectivity index is 1.56. The van der Waals surface area contributed by atoms with E-state index in [1.54, 1.807) is 24.3 Å². The summed E-state index contributed by atoms with van der Waals surface area (Å²) in [5.41, 5.74) is 1.18. The van der Waals surface area contributed by atoms with Gasteiger partial charge in [-0.25, -0.2) is 4.79 Å². The van der Waals surface area contributed by atoms with Crippen molar-refractivity contribution >= 4 is 12.0 Å². The van der Waals surface area contributed by atoms with Crippen LogP contribution < -0.4 is 15.4 Å². The molecule has 0 spiro atoms. The number of benzene rings is 2. The maximum Gasteiger partial charge on any atom is 0.412 e. The summed E-state index contributed by atoms with van der Waals surface area (Å²) in [6, 6.07) is 18.7. The van der Waals surface area contributed by atoms with Gasteiger partial charge in [0.05, 0.1) is 0 Å². The van der Waals surface area contributed by atoms with Crippen molar-refractivity contribution < 1.29 is 14.3 Å². The second-order valence-electron chi connectivity index (χ2n) is 4.96. The standard InChI is InChI=1S/C18H20N2O3/c21-17(19-13-11-15-7-3-1-4-8-15)12-14-20-18(22)23-16-9-5-2-6-10-16/h1-10H,11-14H2,(H,19,21)(H,20,22). The van der Waals surface area contributed by atoms with Gasteiger partial charge in [0.15, 0.2) is 0 Å². The molecule has 0 unspecified atom stereocenters. The van der Waals surface area contributed by atoms with Gasteiger partial charge in [-0.2, -0.15) is 0 Å². The number of hydrogen-bond acceptors (Lipinski definition) is 3. The van der Waals surface area contributed by atoms with Crippen molar-refractivity contribution in [1.82, 2.24) is 10.6 Å². The van der Waals surface area contributed by atoms with Crippen LogP contribution in [0.4, 0.5) is 4.79 Å². The predicted octanol–water partition coefficient (Wildman–Crippen LogP) is 2.52. The number of hydrogen-bond donors (Lipinski definition) is 2. The van der Waals surface area contributed by atoms with Crippen LogP contribution in [0, 0.1) is 0 Å². The zero-order valence-electron chi connectivity index (χ0n) is 12.8. The molecule has 2 rings (SSSR count). The van der Waals surface area contributed by atoms with Crippen molar-refractivity contribution in [2.24, 2.45) is 0 Å². The minimum absolute atomic E-state index is 0.0963. The molecule has 0 aliphatic heterocycles. The fourth-order valence-electron chi connectivity index (χ4n) is 1.99. The van der Waals surface area contributed by atoms with E-state index in [0.29, 0.717) is 12.3 Å². The quantitative estimate of drug-likeness (QED) is 0.825. The molecule has 0 bridgehead atoms. The van der Waals surface area contributed by atoms with Gasteiger partial charge in [-0.3, -0.25) is 4.79 Å². The van der Waals surface area contributed by atoms with Gasteiger partial charge in [-0.05, 0) is 24.1 Å². The predicted molar refractivity (Wildman–Crippen MR) is 88.2 cm³/mol. The summed E-state index contributed by atoms with van der Waals surface area (Å²) < 4.78 is 5.05. The van der Waals surface area contributed by atoms with Gasteiger partial charge in [-0.1, -0.05) is 48.5 Å². The van der Waals surface area contributed by atoms with Gasteiger partial charge in [0, 0.05) is 19.5 Å². The molecule has 2 N–H and O–H groups in total. The molecule has 0 saturated heterocycles. The van der Waals surface area contributed by atoms with E-state index in [1.165, 1.54) is 5.56 Å². The molecule has 0 aliphatic carbocycles. The van der Waals surface area contributed by atoms with Crippen molar-refractivity contribution in [3.05, 3.63) is 66.2 Å². The molecule has 0 saturated carbocycles. The van der Waals surface area contributed by atoms with E-state index in [-0.39, 0.29) is 18.9 Å². The number of carbonyl (C=O) groups excluding carboxylic acids is 2. The second kappa shape index (κ2) is 9.25. The summed E-state index contributed by atoms with van der Waals surface area (Å²) in [6.45, 7) is 0.820. The Kier molecular flexibility index (Phi) is 6.65. The molecular formula is C18H20N2O3. The van der Waals surface area contributed by atoms with Gasteiger partial charge >= 0.3 is 6.09 Å². The summed E-state index contributed by atoms with van der Waals surface area (Å²) in [6.07, 6.45) is 0.447. The number of para-hydroxylation sites is 1. The Morgan fingerprint density at radius 2 is 1.48 bits per heavy atom. The molecule has 120 valence electrons. The summed E-state index contributed by atoms with van der Waals surface area (Å²) in [7, 11) is 0. The average Bonchev–Trinajstić information content (AvgIpc) is 2.57. The van der Waals surface area contributed by atoms with Gasteiger partial charge in [0.1, 0.15) is 5.75 Å². The maximum absolute atomic E-state index is 11.7. The molecule has 23 heavy (non-hydrogen) atoms. The highest BCUT2D eigenvalue weighted by Crippen LogP contribution is 2.07. The lowest BCUT2D eigenvalue weighted by Gasteiger charge is -2.07. The van der Waals surface area contributed by atoms with Crippen molar-refractivity contribution in [3.63, 3.8) is 0 Å². The number of amides is 2. The van der Waals surface area contributed by atoms with Crippen LogP contribution in [0.3, 0.4) is 0 Å². The summed E-state index contributed by atoms with van der Waals surface area (Å²) in [5, 5.41) is 5.37. The fraction of sp³-hybridized carbons (Fsp3) is 0.222. The Bertz CT molecular complexity index is 615. The van der Waals surface area contributed by atoms with Crippen LogP contribution in [-0.4, -0.2) is 25.1 Å². The number of nitrogens with one attached hydrogen (secondary N) is 2. The molecule has 0 aliphatic rings. The monoisotopic (exact) mass is 312 g/mol. The third-order valence-electron chi connectivity index (χ3n) is 3.15. The molecule has 0 fully saturated rings. The van der Waals surface area contributed by atoms with E-state index in [1.807, 2.05) is 36.4 Å². The van der Waals surface area contributed by atoms with Crippen molar-refractivity contribution in [3.8, 4) is 5.75 Å². The average molecular weight is 312 g/mol. The molecule has 2 amide bonds. The lowest BCUT2D eigenvalue weighted by Crippen LogP contribution is -2.33. The third-order valence-corrected chi connectivity index (χ3v) is 3.15. The molecule has 0 radical (unpaired) electrons. The first kappa shape index (κ1) is 16.5. The smallest absolute Gasteiger partial charge is 0.410 e. The van der Waals surface area contributed by atoms with Crippen molar-refractivity contribution in [1.29, 1.82) is 0 Å². The third kappa shape index (κ3) is 6.65. The molecule has 2 aromatic carbocycles. The number of rotatable bonds is 7. The van der Waals surface area contributed by atoms with Crippen LogP contribution in [0.15, 0.2) is 60.7 Å².